The fraction of sp³-hybridized carbons (Fsp3) is 0.514. The lowest BCUT2D eigenvalue weighted by atomic mass is 9.64. The Kier molecular flexibility index (Phi) is 8.68. The molecule has 0 saturated heterocycles. The van der Waals surface area contributed by atoms with Gasteiger partial charge in [-0.05, 0) is 113 Å². The third kappa shape index (κ3) is 5.72. The maximum absolute atomic E-state index is 14.3. The number of rotatable bonds is 6. The molecule has 1 heterocycles. The maximum Gasteiger partial charge on any atom is 0.203 e. The minimum Gasteiger partial charge on any atom is -0.393 e. The molecule has 2 aromatic carbocycles. The van der Waals surface area contributed by atoms with Gasteiger partial charge >= 0.3 is 0 Å². The molecular weight excluding hydrogens is 514 g/mol. The van der Waals surface area contributed by atoms with E-state index in [1.807, 2.05) is 24.3 Å². The highest BCUT2D eigenvalue weighted by atomic mass is 32.1. The van der Waals surface area contributed by atoms with Crippen LogP contribution in [0.15, 0.2) is 60.2 Å². The lowest BCUT2D eigenvalue weighted by molar-refractivity contribution is -0.0799. The molecular formula is C35H45NO3S. The summed E-state index contributed by atoms with van der Waals surface area (Å²) in [5.74, 6) is 0.118. The van der Waals surface area contributed by atoms with E-state index in [9.17, 15) is 15.0 Å². The average Bonchev–Trinajstić information content (AvgIpc) is 3.46. The Morgan fingerprint density at radius 3 is 2.70 bits per heavy atom. The molecule has 40 heavy (non-hydrogen) atoms. The van der Waals surface area contributed by atoms with Crippen LogP contribution in [0, 0.1) is 5.41 Å². The third-order valence-corrected chi connectivity index (χ3v) is 10.8. The molecule has 3 aliphatic rings. The quantitative estimate of drug-likeness (QED) is 0.242. The monoisotopic (exact) mass is 559 g/mol. The van der Waals surface area contributed by atoms with Gasteiger partial charge in [0.05, 0.1) is 16.6 Å². The summed E-state index contributed by atoms with van der Waals surface area (Å²) < 4.78 is 1.11. The van der Waals surface area contributed by atoms with Gasteiger partial charge in [-0.25, -0.2) is 0 Å². The Balaban J connectivity index is 1.62. The molecule has 0 unspecified atom stereocenters. The van der Waals surface area contributed by atoms with Crippen molar-refractivity contribution in [3.8, 4) is 0 Å². The molecule has 1 fully saturated rings. The van der Waals surface area contributed by atoms with E-state index in [-0.39, 0.29) is 17.1 Å². The summed E-state index contributed by atoms with van der Waals surface area (Å²) in [5.41, 5.74) is 2.86. The number of hydrogen-bond donors (Lipinski definition) is 2. The number of thiophene rings is 1. The van der Waals surface area contributed by atoms with Crippen molar-refractivity contribution in [3.05, 3.63) is 81.7 Å². The number of aliphatic hydroxyl groups excluding tert-OH is 1. The zero-order valence-corrected chi connectivity index (χ0v) is 25.4. The number of allylic oxidation sites excluding steroid dienone is 2. The summed E-state index contributed by atoms with van der Waals surface area (Å²) in [6, 6.07) is 16.5. The average molecular weight is 560 g/mol. The zero-order valence-electron chi connectivity index (χ0n) is 24.6. The standard InChI is InChI=1S/C35H45NO3S/c1-5-19-36(4)23-35(39)18-16-30-28-15-13-25(20-27(37)14-12-24(2)9-8-17-34(30,35)3)21-29(28)33(38)32-22-26-10-6-7-11-31(26)40-32/h6-7,9-11,13,15,21-22,27,30,37,39H,5,8,12,14,16-20,23H2,1-4H3/t27-,30-,34-,35+/m0/s1. The topological polar surface area (TPSA) is 60.8 Å². The minimum absolute atomic E-state index is 0.0521. The second kappa shape index (κ2) is 11.9. The van der Waals surface area contributed by atoms with Crippen molar-refractivity contribution in [2.45, 2.75) is 89.8 Å². The summed E-state index contributed by atoms with van der Waals surface area (Å²) in [6.45, 7) is 8.20. The number of aliphatic hydroxyl groups is 2. The van der Waals surface area contributed by atoms with Gasteiger partial charge in [0.25, 0.3) is 0 Å². The first kappa shape index (κ1) is 29.2. The SMILES string of the molecule is CCCN(C)C[C@]1(O)CC[C@H]2c3ccc(cc3C(=O)c3cc4ccccc4s3)C[C@@H](O)CCC(C)=CCC[C@@]21C. The Hall–Kier alpha value is -2.31. The Bertz CT molecular complexity index is 1360. The number of carbonyl (C=O) groups excluding carboxylic acids is 1. The molecule has 214 valence electrons. The molecule has 1 aromatic heterocycles. The van der Waals surface area contributed by atoms with Crippen molar-refractivity contribution in [1.82, 2.24) is 4.90 Å². The van der Waals surface area contributed by atoms with Gasteiger partial charge in [-0.3, -0.25) is 4.79 Å². The van der Waals surface area contributed by atoms with Gasteiger partial charge in [-0.15, -0.1) is 11.3 Å². The Labute approximate surface area is 243 Å². The highest BCUT2D eigenvalue weighted by Gasteiger charge is 2.57. The summed E-state index contributed by atoms with van der Waals surface area (Å²) in [7, 11) is 2.11. The molecule has 2 bridgehead atoms. The van der Waals surface area contributed by atoms with Crippen LogP contribution in [0.4, 0.5) is 0 Å². The first-order valence-corrected chi connectivity index (χ1v) is 15.9. The number of likely N-dealkylation sites (N-methyl/N-ethyl adjacent to an activating group) is 1. The van der Waals surface area contributed by atoms with Crippen molar-refractivity contribution >= 4 is 27.2 Å². The van der Waals surface area contributed by atoms with Crippen LogP contribution in [0.5, 0.6) is 0 Å². The Morgan fingerprint density at radius 1 is 1.12 bits per heavy atom. The van der Waals surface area contributed by atoms with E-state index in [0.717, 1.165) is 76.7 Å². The van der Waals surface area contributed by atoms with E-state index in [1.165, 1.54) is 5.57 Å². The summed E-state index contributed by atoms with van der Waals surface area (Å²) >= 11 is 1.55. The third-order valence-electron chi connectivity index (χ3n) is 9.70. The zero-order chi connectivity index (χ0) is 28.5. The van der Waals surface area contributed by atoms with Gasteiger partial charge < -0.3 is 15.1 Å². The van der Waals surface area contributed by atoms with Crippen LogP contribution in [0.25, 0.3) is 10.1 Å². The van der Waals surface area contributed by atoms with Gasteiger partial charge in [0, 0.05) is 22.2 Å². The van der Waals surface area contributed by atoms with Gasteiger partial charge in [0.15, 0.2) is 0 Å². The fourth-order valence-corrected chi connectivity index (χ4v) is 8.35. The predicted molar refractivity (Wildman–Crippen MR) is 166 cm³/mol. The molecule has 5 heteroatoms. The highest BCUT2D eigenvalue weighted by Crippen LogP contribution is 2.58. The van der Waals surface area contributed by atoms with Gasteiger partial charge in [0.2, 0.25) is 5.78 Å². The van der Waals surface area contributed by atoms with Crippen LogP contribution < -0.4 is 0 Å². The van der Waals surface area contributed by atoms with Crippen molar-refractivity contribution < 1.29 is 15.0 Å². The lowest BCUT2D eigenvalue weighted by Gasteiger charge is -2.45. The molecule has 0 amide bonds. The minimum atomic E-state index is -0.840. The molecule has 0 radical (unpaired) electrons. The smallest absolute Gasteiger partial charge is 0.203 e. The van der Waals surface area contributed by atoms with E-state index in [4.69, 9.17) is 0 Å². The molecule has 6 rings (SSSR count). The fourth-order valence-electron chi connectivity index (χ4n) is 7.33. The summed E-state index contributed by atoms with van der Waals surface area (Å²) in [5, 5.41) is 24.3. The van der Waals surface area contributed by atoms with Crippen LogP contribution in [-0.4, -0.2) is 52.7 Å². The van der Waals surface area contributed by atoms with E-state index in [0.29, 0.717) is 19.4 Å². The normalized spacial score (nSPS) is 27.5. The highest BCUT2D eigenvalue weighted by molar-refractivity contribution is 7.21. The molecule has 0 spiro atoms. The predicted octanol–water partition coefficient (Wildman–Crippen LogP) is 7.51. The maximum atomic E-state index is 14.3. The molecule has 0 aliphatic heterocycles. The Morgan fingerprint density at radius 2 is 1.93 bits per heavy atom. The number of ketones is 1. The van der Waals surface area contributed by atoms with E-state index >= 15 is 0 Å². The van der Waals surface area contributed by atoms with E-state index in [2.05, 4.69) is 63.1 Å². The molecule has 3 aromatic rings. The molecule has 1 saturated carbocycles. The van der Waals surface area contributed by atoms with E-state index < -0.39 is 11.7 Å². The van der Waals surface area contributed by atoms with E-state index in [1.54, 1.807) is 11.3 Å². The molecule has 2 N–H and O–H groups in total. The summed E-state index contributed by atoms with van der Waals surface area (Å²) in [4.78, 5) is 17.3. The first-order chi connectivity index (χ1) is 19.1. The number of benzene rings is 2. The van der Waals surface area contributed by atoms with Crippen molar-refractivity contribution in [3.63, 3.8) is 0 Å². The van der Waals surface area contributed by atoms with Crippen LogP contribution in [0.1, 0.15) is 98.0 Å². The van der Waals surface area contributed by atoms with Crippen molar-refractivity contribution in [2.24, 2.45) is 5.41 Å². The number of carbonyl (C=O) groups is 1. The van der Waals surface area contributed by atoms with Crippen molar-refractivity contribution in [1.29, 1.82) is 0 Å². The molecule has 4 nitrogen and oxygen atoms in total. The number of nitrogens with zero attached hydrogens (tertiary/aromatic N) is 1. The summed E-state index contributed by atoms with van der Waals surface area (Å²) in [6.07, 6.45) is 8.32. The number of hydrogen-bond acceptors (Lipinski definition) is 5. The molecule has 4 atom stereocenters. The second-order valence-electron chi connectivity index (χ2n) is 12.7. The first-order valence-electron chi connectivity index (χ1n) is 15.0. The van der Waals surface area contributed by atoms with Crippen LogP contribution in [0.2, 0.25) is 0 Å². The van der Waals surface area contributed by atoms with Gasteiger partial charge in [-0.2, -0.15) is 0 Å². The van der Waals surface area contributed by atoms with Gasteiger partial charge in [-0.1, -0.05) is 55.8 Å². The lowest BCUT2D eigenvalue weighted by Crippen LogP contribution is -2.51. The second-order valence-corrected chi connectivity index (χ2v) is 13.7. The van der Waals surface area contributed by atoms with Crippen molar-refractivity contribution in [2.75, 3.05) is 20.1 Å². The van der Waals surface area contributed by atoms with Crippen LogP contribution in [-0.2, 0) is 6.42 Å². The van der Waals surface area contributed by atoms with Gasteiger partial charge in [0.1, 0.15) is 0 Å². The van der Waals surface area contributed by atoms with Crippen LogP contribution >= 0.6 is 11.3 Å². The number of fused-ring (bicyclic) bond motifs is 9. The van der Waals surface area contributed by atoms with Crippen LogP contribution in [0.3, 0.4) is 0 Å². The molecule has 3 aliphatic carbocycles. The largest absolute Gasteiger partial charge is 0.393 e.